The molecule has 0 bridgehead atoms. The molecule has 5 aliphatic rings. The fourth-order valence-corrected chi connectivity index (χ4v) is 14.8. The van der Waals surface area contributed by atoms with Crippen LogP contribution in [-0.2, 0) is 37.9 Å². The zero-order valence-corrected chi connectivity index (χ0v) is 45.3. The molecule has 7 aromatic rings. The Morgan fingerprint density at radius 3 is 1.68 bits per heavy atom. The van der Waals surface area contributed by atoms with Gasteiger partial charge in [-0.3, -0.25) is 0 Å². The van der Waals surface area contributed by atoms with Crippen molar-refractivity contribution < 1.29 is 0 Å². The Kier molecular flexibility index (Phi) is 9.21. The van der Waals surface area contributed by atoms with E-state index in [1.165, 1.54) is 123 Å². The fraction of sp³-hybridized carbons (Fsp3) is 0.415. The van der Waals surface area contributed by atoms with Crippen LogP contribution in [0, 0.1) is 0 Å². The molecule has 0 amide bonds. The van der Waals surface area contributed by atoms with Gasteiger partial charge in [-0.15, -0.1) is 11.3 Å². The summed E-state index contributed by atoms with van der Waals surface area (Å²) in [6.07, 6.45) is 4.69. The minimum atomic E-state index is -0.125. The Morgan fingerprint density at radius 2 is 1.04 bits per heavy atom. The molecule has 2 nitrogen and oxygen atoms in total. The van der Waals surface area contributed by atoms with Gasteiger partial charge in [0.2, 0.25) is 0 Å². The van der Waals surface area contributed by atoms with Gasteiger partial charge in [0.15, 0.2) is 0 Å². The molecular weight excluding hydrogens is 852 g/mol. The lowest BCUT2D eigenvalue weighted by molar-refractivity contribution is 0.332. The van der Waals surface area contributed by atoms with E-state index in [4.69, 9.17) is 0 Å². The van der Waals surface area contributed by atoms with E-state index < -0.39 is 0 Å². The maximum atomic E-state index is 2.79. The number of fused-ring (bicyclic) bond motifs is 10. The third kappa shape index (κ3) is 6.35. The smallest absolute Gasteiger partial charge is 0.254 e. The molecule has 4 heterocycles. The molecule has 0 fully saturated rings. The van der Waals surface area contributed by atoms with Crippen molar-refractivity contribution >= 4 is 78.0 Å². The van der Waals surface area contributed by atoms with Gasteiger partial charge in [0.05, 0.1) is 16.4 Å². The molecule has 6 aromatic carbocycles. The summed E-state index contributed by atoms with van der Waals surface area (Å²) < 4.78 is 1.41. The van der Waals surface area contributed by atoms with Crippen molar-refractivity contribution in [2.45, 2.75) is 174 Å². The first-order valence-corrected chi connectivity index (χ1v) is 27.0. The van der Waals surface area contributed by atoms with Gasteiger partial charge in [0, 0.05) is 32.7 Å². The van der Waals surface area contributed by atoms with Gasteiger partial charge in [-0.1, -0.05) is 171 Å². The molecular formula is C65H73BN2S. The largest absolute Gasteiger partial charge is 0.311 e. The van der Waals surface area contributed by atoms with Crippen molar-refractivity contribution in [3.8, 4) is 11.1 Å². The number of benzene rings is 6. The number of thiophene rings is 1. The van der Waals surface area contributed by atoms with Gasteiger partial charge >= 0.3 is 0 Å². The third-order valence-corrected chi connectivity index (χ3v) is 19.3. The zero-order valence-electron chi connectivity index (χ0n) is 44.5. The first-order chi connectivity index (χ1) is 32.2. The van der Waals surface area contributed by atoms with E-state index in [-0.39, 0.29) is 44.6 Å². The molecule has 352 valence electrons. The molecule has 0 N–H and O–H groups in total. The average molecular weight is 925 g/mol. The molecule has 0 spiro atoms. The van der Waals surface area contributed by atoms with Gasteiger partial charge in [-0.05, 0) is 172 Å². The van der Waals surface area contributed by atoms with Gasteiger partial charge in [0.25, 0.3) is 6.71 Å². The van der Waals surface area contributed by atoms with Crippen LogP contribution in [0.1, 0.15) is 181 Å². The Labute approximate surface area is 418 Å². The van der Waals surface area contributed by atoms with Crippen LogP contribution in [0.15, 0.2) is 103 Å². The Hall–Kier alpha value is -5.06. The van der Waals surface area contributed by atoms with Crippen molar-refractivity contribution in [3.05, 3.63) is 148 Å². The van der Waals surface area contributed by atoms with E-state index in [0.717, 1.165) is 12.8 Å². The molecule has 0 saturated carbocycles. The quantitative estimate of drug-likeness (QED) is 0.159. The monoisotopic (exact) mass is 925 g/mol. The SMILES string of the molecule is CC(C)(C)c1ccc(N2c3cc(C(C)(C)C)cc4c3B(c3ccc5c6c3N4c3ccc(C(C)(C)C)cc3C6(C)CCC5(C)C)c3c2sc2cc4c(cc32)C(C)(C)CCC4(C)C)c(-c2ccccc2)c1. The Bertz CT molecular complexity index is 3340. The highest BCUT2D eigenvalue weighted by molar-refractivity contribution is 7.26. The summed E-state index contributed by atoms with van der Waals surface area (Å²) in [6, 6.07) is 41.9. The third-order valence-electron chi connectivity index (χ3n) is 18.1. The maximum Gasteiger partial charge on any atom is 0.254 e. The number of nitrogens with zero attached hydrogens (tertiary/aromatic N) is 2. The van der Waals surface area contributed by atoms with Crippen LogP contribution in [-0.4, -0.2) is 6.71 Å². The summed E-state index contributed by atoms with van der Waals surface area (Å²) in [7, 11) is 0. The summed E-state index contributed by atoms with van der Waals surface area (Å²) in [4.78, 5) is 5.54. The van der Waals surface area contributed by atoms with E-state index >= 15 is 0 Å². The van der Waals surface area contributed by atoms with Crippen molar-refractivity contribution in [3.63, 3.8) is 0 Å². The van der Waals surface area contributed by atoms with Gasteiger partial charge in [-0.2, -0.15) is 0 Å². The van der Waals surface area contributed by atoms with Crippen LogP contribution in [0.3, 0.4) is 0 Å². The standard InChI is InChI=1S/C65H73BN2S/c1-59(2,3)39-22-26-49(42(32-39)38-20-18-17-19-21-38)68-52-35-41(61(7,8)9)34-51-56(52)66(55-43-36-45-46(37-53(43)69-58(55)68)64(14,15)29-28-63(45,12)13)48-25-24-44-54-57(48)67(51)50-27-23-40(60(4,5)6)33-47(50)65(54,16)31-30-62(44,10)11/h17-27,32-37H,28-31H2,1-16H3. The van der Waals surface area contributed by atoms with E-state index in [9.17, 15) is 0 Å². The second-order valence-electron chi connectivity index (χ2n) is 27.2. The predicted octanol–water partition coefficient (Wildman–Crippen LogP) is 16.6. The maximum absolute atomic E-state index is 2.79. The lowest BCUT2D eigenvalue weighted by atomic mass is 9.32. The van der Waals surface area contributed by atoms with E-state index in [2.05, 4.69) is 224 Å². The first kappa shape index (κ1) is 45.1. The molecule has 0 radical (unpaired) electrons. The van der Waals surface area contributed by atoms with Crippen molar-refractivity contribution in [1.29, 1.82) is 0 Å². The second-order valence-corrected chi connectivity index (χ2v) is 28.3. The number of anilines is 6. The Morgan fingerprint density at radius 1 is 0.478 bits per heavy atom. The van der Waals surface area contributed by atoms with E-state index in [1.54, 1.807) is 5.56 Å². The normalized spacial score (nSPS) is 20.3. The van der Waals surface area contributed by atoms with E-state index in [0.29, 0.717) is 0 Å². The van der Waals surface area contributed by atoms with Crippen LogP contribution < -0.4 is 26.2 Å². The highest BCUT2D eigenvalue weighted by atomic mass is 32.1. The van der Waals surface area contributed by atoms with Gasteiger partial charge in [-0.25, -0.2) is 0 Å². The summed E-state index contributed by atoms with van der Waals surface area (Å²) in [5.74, 6) is 0. The summed E-state index contributed by atoms with van der Waals surface area (Å²) in [5.41, 5.74) is 25.4. The molecule has 4 heteroatoms. The molecule has 1 aromatic heterocycles. The topological polar surface area (TPSA) is 6.48 Å². The van der Waals surface area contributed by atoms with Crippen molar-refractivity contribution in [2.24, 2.45) is 0 Å². The zero-order chi connectivity index (χ0) is 48.9. The van der Waals surface area contributed by atoms with Crippen LogP contribution in [0.25, 0.3) is 21.2 Å². The minimum Gasteiger partial charge on any atom is -0.311 e. The molecule has 69 heavy (non-hydrogen) atoms. The van der Waals surface area contributed by atoms with Crippen molar-refractivity contribution in [2.75, 3.05) is 9.80 Å². The highest BCUT2D eigenvalue weighted by Gasteiger charge is 2.54. The van der Waals surface area contributed by atoms with Crippen molar-refractivity contribution in [1.82, 2.24) is 0 Å². The van der Waals surface area contributed by atoms with Crippen LogP contribution >= 0.6 is 11.3 Å². The summed E-state index contributed by atoms with van der Waals surface area (Å²) >= 11 is 2.04. The van der Waals surface area contributed by atoms with Gasteiger partial charge in [0.1, 0.15) is 0 Å². The van der Waals surface area contributed by atoms with Crippen LogP contribution in [0.5, 0.6) is 0 Å². The minimum absolute atomic E-state index is 0.0117. The predicted molar refractivity (Wildman–Crippen MR) is 301 cm³/mol. The molecule has 12 rings (SSSR count). The summed E-state index contributed by atoms with van der Waals surface area (Å²) in [6.45, 7) is 39.1. The van der Waals surface area contributed by atoms with Gasteiger partial charge < -0.3 is 9.80 Å². The Balaban J connectivity index is 1.27. The lowest BCUT2D eigenvalue weighted by Crippen LogP contribution is -2.62. The number of rotatable bonds is 2. The first-order valence-electron chi connectivity index (χ1n) is 26.1. The molecule has 3 aliphatic heterocycles. The molecule has 2 aliphatic carbocycles. The molecule has 1 atom stereocenters. The molecule has 1 unspecified atom stereocenters. The van der Waals surface area contributed by atoms with E-state index in [1.807, 2.05) is 11.3 Å². The second kappa shape index (κ2) is 14.1. The number of hydrogen-bond donors (Lipinski definition) is 0. The summed E-state index contributed by atoms with van der Waals surface area (Å²) in [5, 5.41) is 2.80. The lowest BCUT2D eigenvalue weighted by Gasteiger charge is -2.54. The number of hydrogen-bond acceptors (Lipinski definition) is 3. The van der Waals surface area contributed by atoms with Crippen LogP contribution in [0.2, 0.25) is 0 Å². The highest BCUT2D eigenvalue weighted by Crippen LogP contribution is 2.62. The fourth-order valence-electron chi connectivity index (χ4n) is 13.5. The average Bonchev–Trinajstić information content (AvgIpc) is 3.65. The molecule has 0 saturated heterocycles. The van der Waals surface area contributed by atoms with Crippen LogP contribution in [0.4, 0.5) is 33.4 Å².